The highest BCUT2D eigenvalue weighted by Gasteiger charge is 2.19. The Labute approximate surface area is 174 Å². The number of thioether (sulfide) groups is 1. The van der Waals surface area contributed by atoms with Gasteiger partial charge in [0.05, 0.1) is 4.47 Å². The predicted molar refractivity (Wildman–Crippen MR) is 117 cm³/mol. The van der Waals surface area contributed by atoms with Crippen molar-refractivity contribution in [3.8, 4) is 0 Å². The van der Waals surface area contributed by atoms with Gasteiger partial charge in [0, 0.05) is 16.5 Å². The molecule has 0 aliphatic rings. The van der Waals surface area contributed by atoms with Crippen molar-refractivity contribution in [3.05, 3.63) is 54.5 Å². The largest absolute Gasteiger partial charge is 0.316 e. The maximum atomic E-state index is 12.9. The first-order valence-corrected chi connectivity index (χ1v) is 10.2. The molecule has 0 saturated carbocycles. The van der Waals surface area contributed by atoms with Gasteiger partial charge >= 0.3 is 0 Å². The van der Waals surface area contributed by atoms with Crippen molar-refractivity contribution in [1.82, 2.24) is 5.32 Å². The van der Waals surface area contributed by atoms with Crippen LogP contribution in [0.1, 0.15) is 47.1 Å². The molecule has 0 bridgehead atoms. The molecule has 1 aromatic rings. The number of benzene rings is 1. The van der Waals surface area contributed by atoms with Gasteiger partial charge in [0.15, 0.2) is 6.29 Å². The fraction of sp³-hybridized carbons (Fsp3) is 0.450. The summed E-state index contributed by atoms with van der Waals surface area (Å²) in [6.07, 6.45) is 2.77. The van der Waals surface area contributed by atoms with Crippen LogP contribution in [0.5, 0.6) is 0 Å². The molecule has 1 aromatic carbocycles. The molecule has 1 N–H and O–H groups in total. The molecule has 0 saturated heterocycles. The zero-order valence-corrected chi connectivity index (χ0v) is 19.6. The van der Waals surface area contributed by atoms with E-state index in [1.807, 2.05) is 13.0 Å². The quantitative estimate of drug-likeness (QED) is 0.285. The molecule has 0 unspecified atom stereocenters. The summed E-state index contributed by atoms with van der Waals surface area (Å²) in [4.78, 5) is 12.8. The van der Waals surface area contributed by atoms with E-state index in [1.165, 1.54) is 16.5 Å². The van der Waals surface area contributed by atoms with Gasteiger partial charge in [-0.3, -0.25) is 4.79 Å². The van der Waals surface area contributed by atoms with Gasteiger partial charge in [-0.05, 0) is 71.8 Å². The van der Waals surface area contributed by atoms with Gasteiger partial charge in [-0.15, -0.1) is 0 Å². The van der Waals surface area contributed by atoms with Crippen LogP contribution in [0.25, 0.3) is 0 Å². The van der Waals surface area contributed by atoms with Crippen LogP contribution in [-0.2, 0) is 11.3 Å². The summed E-state index contributed by atoms with van der Waals surface area (Å²) in [5, 5.41) is 3.47. The summed E-state index contributed by atoms with van der Waals surface area (Å²) in [7, 11) is 1.79. The average molecular weight is 465 g/mol. The maximum Gasteiger partial charge on any atom is 0.156 e. The standard InChI is InChI=1S/C12H20OS.C8H8BrClFN/c1-7-10(8-13)14-11(9(2)3)12(4,5)6;1-12-4-5-2-8(11)6(9)3-7(5)10/h7-8H,1-6H3;2-3,12H,4H2,1H3/b10-7-;. The van der Waals surface area contributed by atoms with Crippen molar-refractivity contribution in [1.29, 1.82) is 0 Å². The van der Waals surface area contributed by atoms with E-state index >= 15 is 0 Å². The van der Waals surface area contributed by atoms with Crippen molar-refractivity contribution in [2.45, 2.75) is 48.1 Å². The van der Waals surface area contributed by atoms with Gasteiger partial charge in [0.25, 0.3) is 0 Å². The number of aldehydes is 1. The Morgan fingerprint density at radius 1 is 1.35 bits per heavy atom. The third kappa shape index (κ3) is 8.85. The van der Waals surface area contributed by atoms with E-state index in [0.29, 0.717) is 16.0 Å². The Hall–Kier alpha value is -0.620. The smallest absolute Gasteiger partial charge is 0.156 e. The molecule has 0 aromatic heterocycles. The highest BCUT2D eigenvalue weighted by atomic mass is 79.9. The number of carbonyl (C=O) groups is 1. The summed E-state index contributed by atoms with van der Waals surface area (Å²) >= 11 is 10.5. The Kier molecular flexibility index (Phi) is 11.7. The van der Waals surface area contributed by atoms with E-state index in [4.69, 9.17) is 11.6 Å². The lowest BCUT2D eigenvalue weighted by atomic mass is 9.94. The molecule has 26 heavy (non-hydrogen) atoms. The minimum absolute atomic E-state index is 0.112. The lowest BCUT2D eigenvalue weighted by Crippen LogP contribution is -2.08. The van der Waals surface area contributed by atoms with Crippen LogP contribution in [0.15, 0.2) is 38.1 Å². The maximum absolute atomic E-state index is 12.9. The molecule has 0 amide bonds. The molecule has 0 aliphatic carbocycles. The van der Waals surface area contributed by atoms with Crippen LogP contribution in [0.3, 0.4) is 0 Å². The number of hydrogen-bond donors (Lipinski definition) is 1. The molecule has 0 radical (unpaired) electrons. The average Bonchev–Trinajstić information content (AvgIpc) is 2.53. The van der Waals surface area contributed by atoms with E-state index in [1.54, 1.807) is 24.9 Å². The van der Waals surface area contributed by atoms with E-state index in [0.717, 1.165) is 16.8 Å². The van der Waals surface area contributed by atoms with Crippen molar-refractivity contribution in [3.63, 3.8) is 0 Å². The van der Waals surface area contributed by atoms with Gasteiger partial charge < -0.3 is 5.32 Å². The SMILES string of the molecule is C/C=C(/C=O)SC(=C(C)C)C(C)(C)C.CNCc1cc(F)c(Br)cc1Cl. The number of halogens is 3. The molecule has 146 valence electrons. The second-order valence-corrected chi connectivity index (χ2v) is 9.22. The molecule has 0 spiro atoms. The Morgan fingerprint density at radius 3 is 2.31 bits per heavy atom. The summed E-state index contributed by atoms with van der Waals surface area (Å²) < 4.78 is 13.3. The van der Waals surface area contributed by atoms with Crippen LogP contribution in [0.4, 0.5) is 4.39 Å². The molecule has 1 rings (SSSR count). The zero-order chi connectivity index (χ0) is 20.5. The van der Waals surface area contributed by atoms with E-state index in [9.17, 15) is 9.18 Å². The van der Waals surface area contributed by atoms with Crippen molar-refractivity contribution >= 4 is 45.6 Å². The summed E-state index contributed by atoms with van der Waals surface area (Å²) in [6.45, 7) is 13.1. The fourth-order valence-corrected chi connectivity index (χ4v) is 3.78. The third-order valence-corrected chi connectivity index (χ3v) is 5.96. The monoisotopic (exact) mass is 463 g/mol. The minimum atomic E-state index is -0.287. The first-order chi connectivity index (χ1) is 12.0. The van der Waals surface area contributed by atoms with Gasteiger partial charge in [-0.25, -0.2) is 4.39 Å². The first kappa shape index (κ1) is 25.4. The van der Waals surface area contributed by atoms with E-state index < -0.39 is 0 Å². The van der Waals surface area contributed by atoms with Crippen LogP contribution in [0.2, 0.25) is 5.02 Å². The van der Waals surface area contributed by atoms with Gasteiger partial charge in [-0.1, -0.05) is 55.8 Å². The molecule has 2 nitrogen and oxygen atoms in total. The second-order valence-electron chi connectivity index (χ2n) is 6.88. The molecule has 0 heterocycles. The van der Waals surface area contributed by atoms with Crippen LogP contribution < -0.4 is 5.32 Å². The molecule has 0 atom stereocenters. The van der Waals surface area contributed by atoms with Gasteiger partial charge in [-0.2, -0.15) is 0 Å². The number of carbonyl (C=O) groups excluding carboxylic acids is 1. The second kappa shape index (κ2) is 12.0. The molecule has 6 heteroatoms. The number of allylic oxidation sites excluding steroid dienone is 4. The van der Waals surface area contributed by atoms with Crippen LogP contribution in [0, 0.1) is 11.2 Å². The van der Waals surface area contributed by atoms with Gasteiger partial charge in [0.1, 0.15) is 5.82 Å². The third-order valence-electron chi connectivity index (χ3n) is 3.21. The zero-order valence-electron chi connectivity index (χ0n) is 16.5. The van der Waals surface area contributed by atoms with Crippen LogP contribution in [-0.4, -0.2) is 13.3 Å². The molecule has 0 aliphatic heterocycles. The summed E-state index contributed by atoms with van der Waals surface area (Å²) in [5.74, 6) is -0.287. The fourth-order valence-electron chi connectivity index (χ4n) is 2.16. The highest BCUT2D eigenvalue weighted by Crippen LogP contribution is 2.40. The summed E-state index contributed by atoms with van der Waals surface area (Å²) in [6, 6.07) is 2.98. The number of hydrogen-bond acceptors (Lipinski definition) is 3. The number of rotatable bonds is 5. The molecular weight excluding hydrogens is 437 g/mol. The van der Waals surface area contributed by atoms with E-state index in [2.05, 4.69) is 55.9 Å². The van der Waals surface area contributed by atoms with Gasteiger partial charge in [0.2, 0.25) is 0 Å². The number of nitrogens with one attached hydrogen (secondary N) is 1. The summed E-state index contributed by atoms with van der Waals surface area (Å²) in [5.41, 5.74) is 2.16. The Morgan fingerprint density at radius 2 is 1.92 bits per heavy atom. The van der Waals surface area contributed by atoms with Crippen molar-refractivity contribution < 1.29 is 9.18 Å². The van der Waals surface area contributed by atoms with E-state index in [-0.39, 0.29) is 11.2 Å². The molecule has 0 fully saturated rings. The highest BCUT2D eigenvalue weighted by molar-refractivity contribution is 9.10. The van der Waals surface area contributed by atoms with Crippen LogP contribution >= 0.6 is 39.3 Å². The minimum Gasteiger partial charge on any atom is -0.316 e. The topological polar surface area (TPSA) is 29.1 Å². The normalized spacial score (nSPS) is 11.5. The lowest BCUT2D eigenvalue weighted by molar-refractivity contribution is -0.104. The molecular formula is C20H28BrClFNOS. The van der Waals surface area contributed by atoms with Crippen molar-refractivity contribution in [2.75, 3.05) is 7.05 Å². The Bertz CT molecular complexity index is 677. The first-order valence-electron chi connectivity index (χ1n) is 8.23. The lowest BCUT2D eigenvalue weighted by Gasteiger charge is -2.24. The Balaban J connectivity index is 0.000000485. The van der Waals surface area contributed by atoms with Crippen molar-refractivity contribution in [2.24, 2.45) is 5.41 Å². The predicted octanol–water partition coefficient (Wildman–Crippen LogP) is 7.12.